The molecular weight excluding hydrogens is 330 g/mol. The summed E-state index contributed by atoms with van der Waals surface area (Å²) < 4.78 is 36.8. The summed E-state index contributed by atoms with van der Waals surface area (Å²) in [6.07, 6.45) is 1.34. The molecule has 1 saturated heterocycles. The molecular formula is C19H14F2O4. The van der Waals surface area contributed by atoms with E-state index in [0.717, 1.165) is 6.07 Å². The summed E-state index contributed by atoms with van der Waals surface area (Å²) in [5.41, 5.74) is 1.10. The molecule has 1 heterocycles. The van der Waals surface area contributed by atoms with E-state index in [0.29, 0.717) is 11.1 Å². The summed E-state index contributed by atoms with van der Waals surface area (Å²) >= 11 is 0. The zero-order chi connectivity index (χ0) is 18.2. The molecule has 0 aliphatic carbocycles. The van der Waals surface area contributed by atoms with E-state index in [9.17, 15) is 18.4 Å². The van der Waals surface area contributed by atoms with E-state index in [1.54, 1.807) is 24.3 Å². The maximum Gasteiger partial charge on any atom is 0.348 e. The number of carbonyl (C=O) groups is 2. The molecule has 2 aromatic rings. The molecule has 0 saturated carbocycles. The quantitative estimate of drug-likeness (QED) is 0.472. The molecule has 2 aromatic carbocycles. The van der Waals surface area contributed by atoms with Crippen LogP contribution < -0.4 is 0 Å². The first-order chi connectivity index (χ1) is 11.7. The Hall–Kier alpha value is -3.02. The van der Waals surface area contributed by atoms with Crippen molar-refractivity contribution in [3.05, 3.63) is 65.2 Å². The molecule has 1 aliphatic heterocycles. The third-order valence-corrected chi connectivity index (χ3v) is 3.58. The molecule has 4 nitrogen and oxygen atoms in total. The van der Waals surface area contributed by atoms with E-state index in [4.69, 9.17) is 9.47 Å². The molecule has 0 aromatic heterocycles. The number of hydrogen-bond acceptors (Lipinski definition) is 4. The predicted molar refractivity (Wildman–Crippen MR) is 86.0 cm³/mol. The standard InChI is InChI=1S/C19H14F2O4/c1-19(2)24-17(22)15(18(23)25-19)9-11-3-5-12(6-4-11)14-8-7-13(20)10-16(14)21/h3-10H,1-2H3. The van der Waals surface area contributed by atoms with Gasteiger partial charge in [0.2, 0.25) is 0 Å². The minimum Gasteiger partial charge on any atom is -0.419 e. The van der Waals surface area contributed by atoms with Crippen molar-refractivity contribution < 1.29 is 27.8 Å². The second kappa shape index (κ2) is 6.12. The van der Waals surface area contributed by atoms with Crippen LogP contribution in [0.15, 0.2) is 48.0 Å². The average Bonchev–Trinajstić information content (AvgIpc) is 2.51. The molecule has 0 atom stereocenters. The van der Waals surface area contributed by atoms with E-state index < -0.39 is 29.4 Å². The van der Waals surface area contributed by atoms with Gasteiger partial charge < -0.3 is 9.47 Å². The second-order valence-corrected chi connectivity index (χ2v) is 5.98. The van der Waals surface area contributed by atoms with Crippen molar-refractivity contribution in [2.45, 2.75) is 19.6 Å². The van der Waals surface area contributed by atoms with Crippen molar-refractivity contribution in [3.8, 4) is 11.1 Å². The number of cyclic esters (lactones) is 2. The van der Waals surface area contributed by atoms with Crippen LogP contribution in [0.5, 0.6) is 0 Å². The van der Waals surface area contributed by atoms with Gasteiger partial charge in [-0.1, -0.05) is 24.3 Å². The summed E-state index contributed by atoms with van der Waals surface area (Å²) in [5, 5.41) is 0. The van der Waals surface area contributed by atoms with E-state index in [2.05, 4.69) is 0 Å². The Morgan fingerprint density at radius 1 is 0.920 bits per heavy atom. The predicted octanol–water partition coefficient (Wildman–Crippen LogP) is 3.85. The Labute approximate surface area is 142 Å². The third kappa shape index (κ3) is 3.57. The number of esters is 2. The van der Waals surface area contributed by atoms with Crippen LogP contribution in [0.2, 0.25) is 0 Å². The van der Waals surface area contributed by atoms with Gasteiger partial charge in [-0.05, 0) is 29.3 Å². The van der Waals surface area contributed by atoms with Gasteiger partial charge in [-0.3, -0.25) is 0 Å². The molecule has 128 valence electrons. The van der Waals surface area contributed by atoms with Gasteiger partial charge in [0.25, 0.3) is 5.79 Å². The normalized spacial score (nSPS) is 16.2. The zero-order valence-corrected chi connectivity index (χ0v) is 13.5. The van der Waals surface area contributed by atoms with Gasteiger partial charge in [0.15, 0.2) is 0 Å². The second-order valence-electron chi connectivity index (χ2n) is 5.98. The van der Waals surface area contributed by atoms with Crippen molar-refractivity contribution in [2.75, 3.05) is 0 Å². The Balaban J connectivity index is 1.88. The van der Waals surface area contributed by atoms with Crippen LogP contribution in [-0.2, 0) is 19.1 Å². The van der Waals surface area contributed by atoms with E-state index in [-0.39, 0.29) is 11.1 Å². The Morgan fingerprint density at radius 3 is 2.08 bits per heavy atom. The molecule has 1 fully saturated rings. The van der Waals surface area contributed by atoms with Gasteiger partial charge >= 0.3 is 11.9 Å². The number of ether oxygens (including phenoxy) is 2. The fourth-order valence-corrected chi connectivity index (χ4v) is 2.43. The lowest BCUT2D eigenvalue weighted by atomic mass is 10.0. The van der Waals surface area contributed by atoms with Crippen molar-refractivity contribution in [2.24, 2.45) is 0 Å². The summed E-state index contributed by atoms with van der Waals surface area (Å²) in [7, 11) is 0. The lowest BCUT2D eigenvalue weighted by Gasteiger charge is -2.29. The van der Waals surface area contributed by atoms with Crippen LogP contribution in [0.3, 0.4) is 0 Å². The molecule has 25 heavy (non-hydrogen) atoms. The van der Waals surface area contributed by atoms with Crippen molar-refractivity contribution in [1.29, 1.82) is 0 Å². The van der Waals surface area contributed by atoms with Crippen LogP contribution in [0.25, 0.3) is 17.2 Å². The molecule has 0 N–H and O–H groups in total. The number of benzene rings is 2. The molecule has 3 rings (SSSR count). The molecule has 1 aliphatic rings. The van der Waals surface area contributed by atoms with Gasteiger partial charge in [0.1, 0.15) is 17.2 Å². The van der Waals surface area contributed by atoms with Gasteiger partial charge in [-0.25, -0.2) is 18.4 Å². The minimum absolute atomic E-state index is 0.222. The molecule has 0 radical (unpaired) electrons. The highest BCUT2D eigenvalue weighted by Crippen LogP contribution is 2.26. The average molecular weight is 344 g/mol. The number of rotatable bonds is 2. The molecule has 0 amide bonds. The maximum absolute atomic E-state index is 13.8. The van der Waals surface area contributed by atoms with Gasteiger partial charge in [0, 0.05) is 25.5 Å². The highest BCUT2D eigenvalue weighted by Gasteiger charge is 2.38. The first kappa shape index (κ1) is 16.8. The largest absolute Gasteiger partial charge is 0.419 e. The lowest BCUT2D eigenvalue weighted by Crippen LogP contribution is -2.41. The monoisotopic (exact) mass is 344 g/mol. The topological polar surface area (TPSA) is 52.6 Å². The number of carbonyl (C=O) groups excluding carboxylic acids is 2. The highest BCUT2D eigenvalue weighted by molar-refractivity contribution is 6.18. The third-order valence-electron chi connectivity index (χ3n) is 3.58. The maximum atomic E-state index is 13.8. The summed E-state index contributed by atoms with van der Waals surface area (Å²) in [6.45, 7) is 2.93. The molecule has 0 unspecified atom stereocenters. The van der Waals surface area contributed by atoms with Crippen LogP contribution in [0.1, 0.15) is 19.4 Å². The SMILES string of the molecule is CC1(C)OC(=O)C(=Cc2ccc(-c3ccc(F)cc3F)cc2)C(=O)O1. The van der Waals surface area contributed by atoms with Gasteiger partial charge in [-0.2, -0.15) is 0 Å². The van der Waals surface area contributed by atoms with Crippen molar-refractivity contribution in [3.63, 3.8) is 0 Å². The Bertz CT molecular complexity index is 861. The Morgan fingerprint density at radius 2 is 1.52 bits per heavy atom. The lowest BCUT2D eigenvalue weighted by molar-refractivity contribution is -0.222. The number of hydrogen-bond donors (Lipinski definition) is 0. The zero-order valence-electron chi connectivity index (χ0n) is 13.5. The van der Waals surface area contributed by atoms with Crippen LogP contribution >= 0.6 is 0 Å². The van der Waals surface area contributed by atoms with E-state index in [1.165, 1.54) is 32.1 Å². The van der Waals surface area contributed by atoms with Crippen LogP contribution in [-0.4, -0.2) is 17.7 Å². The fraction of sp³-hybridized carbons (Fsp3) is 0.158. The first-order valence-corrected chi connectivity index (χ1v) is 7.49. The highest BCUT2D eigenvalue weighted by atomic mass is 19.1. The minimum atomic E-state index is -1.30. The summed E-state index contributed by atoms with van der Waals surface area (Å²) in [5.74, 6) is -4.16. The first-order valence-electron chi connectivity index (χ1n) is 7.49. The van der Waals surface area contributed by atoms with Crippen LogP contribution in [0, 0.1) is 11.6 Å². The van der Waals surface area contributed by atoms with Crippen LogP contribution in [0.4, 0.5) is 8.78 Å². The van der Waals surface area contributed by atoms with Gasteiger partial charge in [0.05, 0.1) is 0 Å². The fourth-order valence-electron chi connectivity index (χ4n) is 2.43. The molecule has 0 bridgehead atoms. The van der Waals surface area contributed by atoms with Gasteiger partial charge in [-0.15, -0.1) is 0 Å². The molecule has 0 spiro atoms. The van der Waals surface area contributed by atoms with Crippen molar-refractivity contribution in [1.82, 2.24) is 0 Å². The molecule has 6 heteroatoms. The van der Waals surface area contributed by atoms with Crippen molar-refractivity contribution >= 4 is 18.0 Å². The smallest absolute Gasteiger partial charge is 0.348 e. The number of halogens is 2. The van der Waals surface area contributed by atoms with E-state index >= 15 is 0 Å². The van der Waals surface area contributed by atoms with E-state index in [1.807, 2.05) is 0 Å². The Kier molecular flexibility index (Phi) is 4.12. The summed E-state index contributed by atoms with van der Waals surface area (Å²) in [4.78, 5) is 23.8. The summed E-state index contributed by atoms with van der Waals surface area (Å²) in [6, 6.07) is 9.73.